The molecule has 6 rings (SSSR count). The summed E-state index contributed by atoms with van der Waals surface area (Å²) in [6, 6.07) is 7.80. The molecule has 2 aromatic carbocycles. The van der Waals surface area contributed by atoms with Crippen LogP contribution in [0.4, 0.5) is 0 Å². The quantitative estimate of drug-likeness (QED) is 0.429. The van der Waals surface area contributed by atoms with Gasteiger partial charge in [-0.25, -0.2) is 0 Å². The third kappa shape index (κ3) is 2.05. The number of carbonyl (C=O) groups is 1. The van der Waals surface area contributed by atoms with E-state index in [1.54, 1.807) is 0 Å². The summed E-state index contributed by atoms with van der Waals surface area (Å²) in [5.74, 6) is 2.50. The third-order valence-corrected chi connectivity index (χ3v) is 6.30. The van der Waals surface area contributed by atoms with Gasteiger partial charge in [0.05, 0.1) is 20.6 Å². The van der Waals surface area contributed by atoms with Crippen LogP contribution < -0.4 is 23.7 Å². The first-order valence-electron chi connectivity index (χ1n) is 9.42. The summed E-state index contributed by atoms with van der Waals surface area (Å²) in [7, 11) is 4.33. The van der Waals surface area contributed by atoms with Gasteiger partial charge in [0.15, 0.2) is 23.0 Å². The molecule has 4 aliphatic heterocycles. The lowest BCUT2D eigenvalue weighted by molar-refractivity contribution is -0.924. The van der Waals surface area contributed by atoms with Crippen LogP contribution in [-0.2, 0) is 11.2 Å². The molecule has 0 spiro atoms. The summed E-state index contributed by atoms with van der Waals surface area (Å²) in [6.07, 6.45) is 0.922. The fourth-order valence-electron chi connectivity index (χ4n) is 4.90. The van der Waals surface area contributed by atoms with Gasteiger partial charge in [-0.15, -0.1) is 0 Å². The van der Waals surface area contributed by atoms with Crippen molar-refractivity contribution in [2.24, 2.45) is 0 Å². The van der Waals surface area contributed by atoms with Crippen molar-refractivity contribution in [3.05, 3.63) is 41.0 Å². The van der Waals surface area contributed by atoms with E-state index in [4.69, 9.17) is 23.7 Å². The summed E-state index contributed by atoms with van der Waals surface area (Å²) in [6.45, 7) is 1.30. The Morgan fingerprint density at radius 1 is 0.893 bits per heavy atom. The van der Waals surface area contributed by atoms with Gasteiger partial charge in [0.25, 0.3) is 0 Å². The Hall–Kier alpha value is -2.93. The Labute approximate surface area is 161 Å². The molecule has 0 amide bonds. The van der Waals surface area contributed by atoms with Crippen molar-refractivity contribution in [1.29, 1.82) is 0 Å². The van der Waals surface area contributed by atoms with E-state index in [2.05, 4.69) is 20.2 Å². The monoisotopic (exact) mass is 382 g/mol. The van der Waals surface area contributed by atoms with Crippen LogP contribution in [0.2, 0.25) is 0 Å². The Morgan fingerprint density at radius 2 is 1.64 bits per heavy atom. The van der Waals surface area contributed by atoms with E-state index < -0.39 is 5.92 Å². The van der Waals surface area contributed by atoms with Crippen LogP contribution >= 0.6 is 0 Å². The van der Waals surface area contributed by atoms with E-state index in [0.29, 0.717) is 21.7 Å². The molecule has 0 aliphatic carbocycles. The minimum atomic E-state index is -0.418. The summed E-state index contributed by atoms with van der Waals surface area (Å²) in [5.41, 5.74) is 3.18. The van der Waals surface area contributed by atoms with Crippen LogP contribution in [-0.4, -0.2) is 44.7 Å². The number of likely N-dealkylation sites (N-methyl/N-ethyl adjacent to an activating group) is 1. The van der Waals surface area contributed by atoms with Crippen LogP contribution in [0.3, 0.4) is 0 Å². The molecule has 0 radical (unpaired) electrons. The van der Waals surface area contributed by atoms with Crippen LogP contribution in [0, 0.1) is 0 Å². The molecule has 4 aliphatic rings. The van der Waals surface area contributed by atoms with E-state index in [0.717, 1.165) is 35.6 Å². The van der Waals surface area contributed by atoms with E-state index in [1.807, 2.05) is 18.2 Å². The molecule has 2 atom stereocenters. The van der Waals surface area contributed by atoms with Crippen molar-refractivity contribution in [3.8, 4) is 28.7 Å². The second-order valence-corrected chi connectivity index (χ2v) is 8.22. The van der Waals surface area contributed by atoms with E-state index >= 15 is 0 Å². The normalized spacial score (nSPS) is 25.3. The molecule has 0 unspecified atom stereocenters. The van der Waals surface area contributed by atoms with Crippen LogP contribution in [0.5, 0.6) is 28.7 Å². The number of fused-ring (bicyclic) bond motifs is 5. The van der Waals surface area contributed by atoms with Crippen molar-refractivity contribution < 1.29 is 33.0 Å². The molecule has 0 bridgehead atoms. The number of rotatable bonds is 1. The van der Waals surface area contributed by atoms with Crippen LogP contribution in [0.15, 0.2) is 24.3 Å². The lowest BCUT2D eigenvalue weighted by Gasteiger charge is -2.44. The number of hydrogen-bond donors (Lipinski definition) is 0. The lowest BCUT2D eigenvalue weighted by Crippen LogP contribution is -2.51. The first-order valence-corrected chi connectivity index (χ1v) is 9.42. The maximum absolute atomic E-state index is 13.1. The topological polar surface area (TPSA) is 63.2 Å². The van der Waals surface area contributed by atoms with Crippen molar-refractivity contribution in [2.45, 2.75) is 18.4 Å². The molecular weight excluding hydrogens is 362 g/mol. The minimum absolute atomic E-state index is 0.0904. The number of esters is 1. The summed E-state index contributed by atoms with van der Waals surface area (Å²) in [4.78, 5) is 13.1. The molecule has 0 fully saturated rings. The predicted octanol–water partition coefficient (Wildman–Crippen LogP) is 2.52. The average Bonchev–Trinajstić information content (AvgIpc) is 3.37. The van der Waals surface area contributed by atoms with E-state index in [9.17, 15) is 4.79 Å². The maximum atomic E-state index is 13.1. The highest BCUT2D eigenvalue weighted by atomic mass is 16.7. The first kappa shape index (κ1) is 16.1. The highest BCUT2D eigenvalue weighted by Gasteiger charge is 2.51. The zero-order valence-corrected chi connectivity index (χ0v) is 15.7. The Bertz CT molecular complexity index is 1030. The second-order valence-electron chi connectivity index (χ2n) is 8.22. The van der Waals surface area contributed by atoms with Crippen LogP contribution in [0.25, 0.3) is 0 Å². The third-order valence-electron chi connectivity index (χ3n) is 6.30. The lowest BCUT2D eigenvalue weighted by atomic mass is 9.80. The number of carbonyl (C=O) groups excluding carboxylic acids is 1. The van der Waals surface area contributed by atoms with Gasteiger partial charge in [0, 0.05) is 17.5 Å². The van der Waals surface area contributed by atoms with Gasteiger partial charge in [0.2, 0.25) is 19.3 Å². The van der Waals surface area contributed by atoms with Gasteiger partial charge in [0.1, 0.15) is 12.0 Å². The molecule has 7 heteroatoms. The van der Waals surface area contributed by atoms with Crippen molar-refractivity contribution in [1.82, 2.24) is 0 Å². The fourth-order valence-corrected chi connectivity index (χ4v) is 4.90. The largest absolute Gasteiger partial charge is 0.454 e. The zero-order valence-electron chi connectivity index (χ0n) is 15.7. The molecule has 0 saturated carbocycles. The molecule has 28 heavy (non-hydrogen) atoms. The number of nitrogens with zero attached hydrogens (tertiary/aromatic N) is 1. The van der Waals surface area contributed by atoms with Gasteiger partial charge in [-0.1, -0.05) is 6.07 Å². The Kier molecular flexibility index (Phi) is 3.05. The molecule has 144 valence electrons. The van der Waals surface area contributed by atoms with Crippen molar-refractivity contribution >= 4 is 5.97 Å². The van der Waals surface area contributed by atoms with Gasteiger partial charge >= 0.3 is 5.97 Å². The van der Waals surface area contributed by atoms with E-state index in [1.165, 1.54) is 5.56 Å². The number of benzene rings is 2. The highest BCUT2D eigenvalue weighted by Crippen LogP contribution is 2.55. The minimum Gasteiger partial charge on any atom is -0.454 e. The number of hydrogen-bond acceptors (Lipinski definition) is 6. The summed E-state index contributed by atoms with van der Waals surface area (Å²) in [5, 5.41) is 0. The van der Waals surface area contributed by atoms with E-state index in [-0.39, 0.29) is 25.6 Å². The number of ether oxygens (including phenoxy) is 5. The molecular formula is C21H20NO6+. The summed E-state index contributed by atoms with van der Waals surface area (Å²) < 4.78 is 28.6. The summed E-state index contributed by atoms with van der Waals surface area (Å²) >= 11 is 0. The molecule has 0 N–H and O–H groups in total. The number of quaternary nitrogens is 1. The molecule has 7 nitrogen and oxygen atoms in total. The van der Waals surface area contributed by atoms with Crippen molar-refractivity contribution in [3.63, 3.8) is 0 Å². The maximum Gasteiger partial charge on any atom is 0.325 e. The standard InChI is InChI=1S/C21H20NO6/c1-22(2)6-5-11-7-15-16(26-9-25-15)8-13(11)18(22)17-12-3-4-14-20(27-10-24-14)19(12)28-21(17)23/h3-4,7-8,17-18H,5-6,9-10H2,1-2H3/q+1/t17-,18+/m1/s1. The first-order chi connectivity index (χ1) is 13.5. The highest BCUT2D eigenvalue weighted by molar-refractivity contribution is 5.89. The van der Waals surface area contributed by atoms with Gasteiger partial charge < -0.3 is 28.2 Å². The van der Waals surface area contributed by atoms with Crippen LogP contribution in [0.1, 0.15) is 28.7 Å². The Balaban J connectivity index is 1.53. The smallest absolute Gasteiger partial charge is 0.325 e. The SMILES string of the molecule is C[N+]1(C)CCc2cc3c(cc2[C@H]1[C@@H]1C(=O)Oc2c1ccc1c2OCO1)OCO3. The van der Waals surface area contributed by atoms with Gasteiger partial charge in [-0.05, 0) is 23.8 Å². The second kappa shape index (κ2) is 5.32. The molecule has 0 saturated heterocycles. The van der Waals surface area contributed by atoms with Gasteiger partial charge in [-0.3, -0.25) is 4.79 Å². The molecule has 2 aromatic rings. The molecule has 4 heterocycles. The van der Waals surface area contributed by atoms with Gasteiger partial charge in [-0.2, -0.15) is 0 Å². The Morgan fingerprint density at radius 3 is 2.50 bits per heavy atom. The fraction of sp³-hybridized carbons (Fsp3) is 0.381. The predicted molar refractivity (Wildman–Crippen MR) is 96.9 cm³/mol. The average molecular weight is 382 g/mol. The zero-order chi connectivity index (χ0) is 19.0. The molecule has 0 aromatic heterocycles. The van der Waals surface area contributed by atoms with Crippen molar-refractivity contribution in [2.75, 3.05) is 34.2 Å².